The first-order valence-electron chi connectivity index (χ1n) is 2.96. The van der Waals surface area contributed by atoms with Crippen LogP contribution in [-0.2, 0) is 14.6 Å². The summed E-state index contributed by atoms with van der Waals surface area (Å²) < 4.78 is 26.6. The van der Waals surface area contributed by atoms with Crippen LogP contribution >= 0.6 is 0 Å². The topological polar surface area (TPSA) is 94.2 Å². The molecule has 0 N–H and O–H groups in total. The molecule has 0 bridgehead atoms. The lowest BCUT2D eigenvalue weighted by atomic mass is 10.5. The molecule has 1 rings (SSSR count). The van der Waals surface area contributed by atoms with Gasteiger partial charge in [0.25, 0.3) is 0 Å². The van der Waals surface area contributed by atoms with Crippen molar-refractivity contribution < 1.29 is 13.2 Å². The molecule has 1 aliphatic heterocycles. The summed E-state index contributed by atoms with van der Waals surface area (Å²) in [5, 5.41) is 15.7. The highest BCUT2D eigenvalue weighted by Gasteiger charge is 2.27. The Morgan fingerprint density at radius 3 is 2.33 bits per heavy atom. The Morgan fingerprint density at radius 2 is 2.00 bits per heavy atom. The van der Waals surface area contributed by atoms with Gasteiger partial charge in [-0.1, -0.05) is 0 Å². The van der Waals surface area contributed by atoms with Crippen molar-refractivity contribution in [1.29, 1.82) is 10.5 Å². The van der Waals surface area contributed by atoms with Gasteiger partial charge in [-0.25, -0.2) is 8.42 Å². The van der Waals surface area contributed by atoms with Crippen LogP contribution in [0.25, 0.3) is 0 Å². The van der Waals surface area contributed by atoms with Crippen LogP contribution in [0.4, 0.5) is 0 Å². The lowest BCUT2D eigenvalue weighted by Gasteiger charge is -1.93. The summed E-state index contributed by atoms with van der Waals surface area (Å²) >= 11 is 0. The molecule has 0 aromatic rings. The van der Waals surface area contributed by atoms with Crippen molar-refractivity contribution in [2.45, 2.75) is 5.25 Å². The van der Waals surface area contributed by atoms with Crippen LogP contribution in [0, 0.1) is 22.7 Å². The summed E-state index contributed by atoms with van der Waals surface area (Å²) in [5.74, 6) is 0.297. The van der Waals surface area contributed by atoms with Gasteiger partial charge >= 0.3 is 0 Å². The molecule has 0 aromatic carbocycles. The third-order valence-electron chi connectivity index (χ3n) is 1.17. The highest BCUT2D eigenvalue weighted by atomic mass is 32.2. The predicted molar refractivity (Wildman–Crippen MR) is 38.0 cm³/mol. The van der Waals surface area contributed by atoms with E-state index in [1.165, 1.54) is 12.1 Å². The van der Waals surface area contributed by atoms with Gasteiger partial charge in [-0.15, -0.1) is 0 Å². The Kier molecular flexibility index (Phi) is 2.03. The van der Waals surface area contributed by atoms with E-state index in [2.05, 4.69) is 4.74 Å². The zero-order valence-corrected chi connectivity index (χ0v) is 6.71. The van der Waals surface area contributed by atoms with Crippen molar-refractivity contribution in [1.82, 2.24) is 0 Å². The Bertz CT molecular complexity index is 375. The Morgan fingerprint density at radius 1 is 1.50 bits per heavy atom. The maximum absolute atomic E-state index is 11.0. The molecule has 1 saturated heterocycles. The fourth-order valence-corrected chi connectivity index (χ4v) is 1.47. The Labute approximate surface area is 69.4 Å². The smallest absolute Gasteiger partial charge is 0.237 e. The minimum atomic E-state index is -3.77. The van der Waals surface area contributed by atoms with Gasteiger partial charge in [-0.05, 0) is 0 Å². The maximum Gasteiger partial charge on any atom is 0.237 e. The fourth-order valence-electron chi connectivity index (χ4n) is 0.537. The average molecular weight is 184 g/mol. The molecule has 1 heterocycles. The molecule has 0 atom stereocenters. The van der Waals surface area contributed by atoms with Crippen LogP contribution in [0.1, 0.15) is 0 Å². The van der Waals surface area contributed by atoms with Crippen LogP contribution < -0.4 is 0 Å². The highest BCUT2D eigenvalue weighted by molar-refractivity contribution is 7.95. The molecule has 1 fully saturated rings. The largest absolute Gasteiger partial charge is 0.486 e. The Hall–Kier alpha value is -1.53. The van der Waals surface area contributed by atoms with E-state index in [1.54, 1.807) is 0 Å². The van der Waals surface area contributed by atoms with Crippen molar-refractivity contribution in [3.8, 4) is 12.1 Å². The summed E-state index contributed by atoms with van der Waals surface area (Å²) in [4.78, 5) is 0. The van der Waals surface area contributed by atoms with E-state index in [4.69, 9.17) is 10.5 Å². The number of ether oxygens (including phenoxy) is 1. The number of hydrogen-bond donors (Lipinski definition) is 0. The van der Waals surface area contributed by atoms with Crippen LogP contribution in [0.2, 0.25) is 0 Å². The molecular formula is C6H4N2O3S. The van der Waals surface area contributed by atoms with Crippen LogP contribution in [0.15, 0.2) is 11.2 Å². The van der Waals surface area contributed by atoms with Crippen molar-refractivity contribution in [2.75, 3.05) is 6.61 Å². The van der Waals surface area contributed by atoms with Crippen molar-refractivity contribution >= 4 is 9.84 Å². The molecule has 0 amide bonds. The summed E-state index contributed by atoms with van der Waals surface area (Å²) in [6.07, 6.45) is 0. The normalized spacial score (nSPS) is 18.1. The number of nitriles is 2. The second kappa shape index (κ2) is 2.84. The average Bonchev–Trinajstić information content (AvgIpc) is 2.72. The van der Waals surface area contributed by atoms with E-state index < -0.39 is 15.1 Å². The third kappa shape index (κ3) is 1.74. The zero-order chi connectivity index (χ0) is 9.19. The molecule has 6 heteroatoms. The van der Waals surface area contributed by atoms with E-state index >= 15 is 0 Å². The molecule has 0 spiro atoms. The molecular weight excluding hydrogens is 180 g/mol. The zero-order valence-electron chi connectivity index (χ0n) is 5.89. The Balaban J connectivity index is 2.94. The summed E-state index contributed by atoms with van der Waals surface area (Å²) in [6.45, 7) is 0.267. The first-order chi connectivity index (χ1) is 5.60. The molecule has 0 unspecified atom stereocenters. The molecule has 0 aromatic heterocycles. The van der Waals surface area contributed by atoms with E-state index in [0.717, 1.165) is 5.41 Å². The van der Waals surface area contributed by atoms with Gasteiger partial charge in [0.1, 0.15) is 12.4 Å². The maximum atomic E-state index is 11.0. The minimum Gasteiger partial charge on any atom is -0.486 e. The van der Waals surface area contributed by atoms with Gasteiger partial charge in [0.2, 0.25) is 15.1 Å². The third-order valence-corrected chi connectivity index (χ3v) is 2.63. The monoisotopic (exact) mass is 184 g/mol. The van der Waals surface area contributed by atoms with Crippen LogP contribution in [0.5, 0.6) is 0 Å². The molecule has 62 valence electrons. The molecule has 5 nitrogen and oxygen atoms in total. The number of sulfone groups is 1. The lowest BCUT2D eigenvalue weighted by molar-refractivity contribution is 0.510. The lowest BCUT2D eigenvalue weighted by Crippen LogP contribution is -2.14. The van der Waals surface area contributed by atoms with Gasteiger partial charge in [0, 0.05) is 0 Å². The quantitative estimate of drug-likeness (QED) is 0.548. The number of epoxide rings is 1. The van der Waals surface area contributed by atoms with Gasteiger partial charge in [0.15, 0.2) is 0 Å². The fraction of sp³-hybridized carbons (Fsp3) is 0.333. The van der Waals surface area contributed by atoms with Crippen molar-refractivity contribution in [3.05, 3.63) is 11.2 Å². The highest BCUT2D eigenvalue weighted by Crippen LogP contribution is 2.17. The first-order valence-corrected chi connectivity index (χ1v) is 4.57. The van der Waals surface area contributed by atoms with E-state index in [9.17, 15) is 8.42 Å². The summed E-state index contributed by atoms with van der Waals surface area (Å²) in [6, 6.07) is 2.75. The molecule has 12 heavy (non-hydrogen) atoms. The van der Waals surface area contributed by atoms with Crippen LogP contribution in [0.3, 0.4) is 0 Å². The SMILES string of the molecule is N#CC(C#N)S(=O)(=O)/C=C1\CO1. The van der Waals surface area contributed by atoms with E-state index in [1.807, 2.05) is 0 Å². The molecule has 0 radical (unpaired) electrons. The van der Waals surface area contributed by atoms with Crippen LogP contribution in [-0.4, -0.2) is 20.3 Å². The van der Waals surface area contributed by atoms with E-state index in [0.29, 0.717) is 5.76 Å². The minimum absolute atomic E-state index is 0.267. The number of rotatable bonds is 2. The second-order valence-electron chi connectivity index (χ2n) is 2.10. The molecule has 1 aliphatic rings. The van der Waals surface area contributed by atoms with Crippen molar-refractivity contribution in [2.24, 2.45) is 0 Å². The number of hydrogen-bond acceptors (Lipinski definition) is 5. The second-order valence-corrected chi connectivity index (χ2v) is 3.99. The van der Waals surface area contributed by atoms with E-state index in [-0.39, 0.29) is 6.61 Å². The first kappa shape index (κ1) is 8.57. The molecule has 0 saturated carbocycles. The molecule has 0 aliphatic carbocycles. The van der Waals surface area contributed by atoms with Gasteiger partial charge < -0.3 is 4.74 Å². The number of nitrogens with zero attached hydrogens (tertiary/aromatic N) is 2. The summed E-state index contributed by atoms with van der Waals surface area (Å²) in [7, 11) is -3.77. The van der Waals surface area contributed by atoms with Gasteiger partial charge in [-0.3, -0.25) is 0 Å². The predicted octanol–water partition coefficient (Wildman–Crippen LogP) is -0.311. The van der Waals surface area contributed by atoms with Gasteiger partial charge in [-0.2, -0.15) is 10.5 Å². The standard InChI is InChI=1S/C6H4N2O3S/c7-1-6(2-8)12(9,10)4-5-3-11-5/h4,6H,3H2/b5-4+. The van der Waals surface area contributed by atoms with Gasteiger partial charge in [0.05, 0.1) is 17.5 Å². The van der Waals surface area contributed by atoms with Crippen molar-refractivity contribution in [3.63, 3.8) is 0 Å². The summed E-state index contributed by atoms with van der Waals surface area (Å²) in [5.41, 5.74) is 0.